The molecule has 1 unspecified atom stereocenters. The molecule has 1 fully saturated rings. The highest BCUT2D eigenvalue weighted by Gasteiger charge is 2.29. The van der Waals surface area contributed by atoms with Crippen LogP contribution in [0.4, 0.5) is 0 Å². The highest BCUT2D eigenvalue weighted by atomic mass is 16.6. The number of esters is 1. The second kappa shape index (κ2) is 8.66. The lowest BCUT2D eigenvalue weighted by molar-refractivity contribution is -0.161. The Labute approximate surface area is 124 Å². The third-order valence-electron chi connectivity index (χ3n) is 4.03. The Kier molecular flexibility index (Phi) is 7.57. The molecule has 20 heavy (non-hydrogen) atoms. The third-order valence-corrected chi connectivity index (χ3v) is 4.03. The van der Waals surface area contributed by atoms with Crippen molar-refractivity contribution >= 4 is 5.97 Å². The van der Waals surface area contributed by atoms with Crippen molar-refractivity contribution in [1.82, 2.24) is 0 Å². The van der Waals surface area contributed by atoms with Gasteiger partial charge in [-0.2, -0.15) is 0 Å². The van der Waals surface area contributed by atoms with Crippen LogP contribution in [0.1, 0.15) is 85.0 Å². The van der Waals surface area contributed by atoms with E-state index < -0.39 is 5.60 Å². The number of carbonyl (C=O) groups is 1. The fourth-order valence-corrected chi connectivity index (χ4v) is 2.89. The Hall–Kier alpha value is -0.570. The standard InChI is InChI=1S/C17H33NO2/c1-17(2,3)20-16(19)14-12-10-8-6-4-5-7-9-11-13-15(14)18/h14-15H,4-13,18H2,1-3H3/t14?,15-/m0/s1. The quantitative estimate of drug-likeness (QED) is 0.734. The van der Waals surface area contributed by atoms with Gasteiger partial charge in [0.15, 0.2) is 0 Å². The van der Waals surface area contributed by atoms with Crippen LogP contribution >= 0.6 is 0 Å². The molecule has 0 spiro atoms. The minimum atomic E-state index is -0.416. The van der Waals surface area contributed by atoms with Crippen LogP contribution in [0.2, 0.25) is 0 Å². The first-order chi connectivity index (χ1) is 9.40. The van der Waals surface area contributed by atoms with Gasteiger partial charge in [0.25, 0.3) is 0 Å². The number of hydrogen-bond acceptors (Lipinski definition) is 3. The van der Waals surface area contributed by atoms with Crippen molar-refractivity contribution in [3.63, 3.8) is 0 Å². The van der Waals surface area contributed by atoms with Gasteiger partial charge in [0, 0.05) is 6.04 Å². The van der Waals surface area contributed by atoms with E-state index in [9.17, 15) is 4.79 Å². The first-order valence-corrected chi connectivity index (χ1v) is 8.38. The van der Waals surface area contributed by atoms with Crippen molar-refractivity contribution in [3.05, 3.63) is 0 Å². The van der Waals surface area contributed by atoms with Crippen molar-refractivity contribution in [2.75, 3.05) is 0 Å². The lowest BCUT2D eigenvalue weighted by Crippen LogP contribution is -2.39. The lowest BCUT2D eigenvalue weighted by Gasteiger charge is -2.27. The fraction of sp³-hybridized carbons (Fsp3) is 0.941. The van der Waals surface area contributed by atoms with E-state index in [1.807, 2.05) is 20.8 Å². The Bertz CT molecular complexity index is 283. The Morgan fingerprint density at radius 2 is 1.35 bits per heavy atom. The van der Waals surface area contributed by atoms with Gasteiger partial charge in [-0.25, -0.2) is 0 Å². The maximum absolute atomic E-state index is 12.3. The molecule has 0 heterocycles. The maximum atomic E-state index is 12.3. The van der Waals surface area contributed by atoms with Crippen LogP contribution in [-0.4, -0.2) is 17.6 Å². The molecule has 118 valence electrons. The molecule has 0 radical (unpaired) electrons. The summed E-state index contributed by atoms with van der Waals surface area (Å²) in [7, 11) is 0. The van der Waals surface area contributed by atoms with E-state index >= 15 is 0 Å². The molecular formula is C17H33NO2. The average molecular weight is 283 g/mol. The van der Waals surface area contributed by atoms with E-state index in [0.717, 1.165) is 25.7 Å². The van der Waals surface area contributed by atoms with E-state index in [2.05, 4.69) is 0 Å². The van der Waals surface area contributed by atoms with Crippen LogP contribution in [0.15, 0.2) is 0 Å². The summed E-state index contributed by atoms with van der Waals surface area (Å²) in [5, 5.41) is 0. The zero-order valence-electron chi connectivity index (χ0n) is 13.6. The summed E-state index contributed by atoms with van der Waals surface area (Å²) in [5.41, 5.74) is 5.86. The second-order valence-electron chi connectivity index (χ2n) is 7.21. The molecule has 2 atom stereocenters. The second-order valence-corrected chi connectivity index (χ2v) is 7.21. The zero-order chi connectivity index (χ0) is 15.0. The Morgan fingerprint density at radius 3 is 1.85 bits per heavy atom. The molecular weight excluding hydrogens is 250 g/mol. The van der Waals surface area contributed by atoms with Crippen LogP contribution in [0.5, 0.6) is 0 Å². The first-order valence-electron chi connectivity index (χ1n) is 8.38. The zero-order valence-corrected chi connectivity index (χ0v) is 13.6. The molecule has 3 heteroatoms. The molecule has 0 saturated heterocycles. The third kappa shape index (κ3) is 7.28. The van der Waals surface area contributed by atoms with Crippen LogP contribution in [0, 0.1) is 5.92 Å². The molecule has 0 amide bonds. The summed E-state index contributed by atoms with van der Waals surface area (Å²) >= 11 is 0. The molecule has 1 aliphatic rings. The minimum Gasteiger partial charge on any atom is -0.460 e. The highest BCUT2D eigenvalue weighted by molar-refractivity contribution is 5.73. The van der Waals surface area contributed by atoms with E-state index in [1.54, 1.807) is 0 Å². The Balaban J connectivity index is 2.58. The van der Waals surface area contributed by atoms with Gasteiger partial charge in [-0.05, 0) is 33.6 Å². The van der Waals surface area contributed by atoms with Crippen molar-refractivity contribution in [2.45, 2.75) is 96.6 Å². The molecule has 1 saturated carbocycles. The number of hydrogen-bond donors (Lipinski definition) is 1. The summed E-state index contributed by atoms with van der Waals surface area (Å²) in [6, 6.07) is -0.0377. The van der Waals surface area contributed by atoms with Crippen molar-refractivity contribution in [2.24, 2.45) is 11.7 Å². The topological polar surface area (TPSA) is 52.3 Å². The molecule has 0 aromatic carbocycles. The summed E-state index contributed by atoms with van der Waals surface area (Å²) in [4.78, 5) is 12.3. The van der Waals surface area contributed by atoms with E-state index in [4.69, 9.17) is 10.5 Å². The molecule has 0 aromatic rings. The normalized spacial score (nSPS) is 27.2. The predicted octanol–water partition coefficient (Wildman–Crippen LogP) is 4.19. The minimum absolute atomic E-state index is 0.0377. The van der Waals surface area contributed by atoms with Gasteiger partial charge in [-0.15, -0.1) is 0 Å². The van der Waals surface area contributed by atoms with E-state index in [-0.39, 0.29) is 17.9 Å². The van der Waals surface area contributed by atoms with Gasteiger partial charge >= 0.3 is 5.97 Å². The van der Waals surface area contributed by atoms with Crippen molar-refractivity contribution in [1.29, 1.82) is 0 Å². The number of ether oxygens (including phenoxy) is 1. The van der Waals surface area contributed by atoms with Gasteiger partial charge < -0.3 is 10.5 Å². The summed E-state index contributed by atoms with van der Waals surface area (Å²) in [6.07, 6.45) is 11.8. The fourth-order valence-electron chi connectivity index (χ4n) is 2.89. The van der Waals surface area contributed by atoms with Crippen LogP contribution in [0.3, 0.4) is 0 Å². The van der Waals surface area contributed by atoms with Gasteiger partial charge in [0.05, 0.1) is 5.92 Å². The summed E-state index contributed by atoms with van der Waals surface area (Å²) in [6.45, 7) is 5.77. The number of nitrogens with two attached hydrogens (primary N) is 1. The van der Waals surface area contributed by atoms with E-state index in [0.29, 0.717) is 0 Å². The molecule has 1 rings (SSSR count). The largest absolute Gasteiger partial charge is 0.460 e. The average Bonchev–Trinajstić information content (AvgIpc) is 2.31. The SMILES string of the molecule is CC(C)(C)OC(=O)C1CCCCCCCCCC[C@@H]1N. The molecule has 0 aliphatic heterocycles. The van der Waals surface area contributed by atoms with Crippen molar-refractivity contribution in [3.8, 4) is 0 Å². The molecule has 1 aliphatic carbocycles. The van der Waals surface area contributed by atoms with Crippen molar-refractivity contribution < 1.29 is 9.53 Å². The van der Waals surface area contributed by atoms with Gasteiger partial charge in [-0.1, -0.05) is 51.4 Å². The highest BCUT2D eigenvalue weighted by Crippen LogP contribution is 2.23. The first kappa shape index (κ1) is 17.5. The van der Waals surface area contributed by atoms with Gasteiger partial charge in [-0.3, -0.25) is 4.79 Å². The van der Waals surface area contributed by atoms with Gasteiger partial charge in [0.2, 0.25) is 0 Å². The maximum Gasteiger partial charge on any atom is 0.311 e. The summed E-state index contributed by atoms with van der Waals surface area (Å²) in [5.74, 6) is -0.212. The van der Waals surface area contributed by atoms with E-state index in [1.165, 1.54) is 38.5 Å². The van der Waals surface area contributed by atoms with Crippen LogP contribution < -0.4 is 5.73 Å². The molecule has 0 aromatic heterocycles. The lowest BCUT2D eigenvalue weighted by atomic mass is 9.89. The molecule has 0 bridgehead atoms. The predicted molar refractivity (Wildman–Crippen MR) is 83.5 cm³/mol. The van der Waals surface area contributed by atoms with Crippen LogP contribution in [0.25, 0.3) is 0 Å². The van der Waals surface area contributed by atoms with Crippen LogP contribution in [-0.2, 0) is 9.53 Å². The number of carbonyl (C=O) groups excluding carboxylic acids is 1. The monoisotopic (exact) mass is 283 g/mol. The summed E-state index contributed by atoms with van der Waals surface area (Å²) < 4.78 is 5.55. The number of rotatable bonds is 1. The van der Waals surface area contributed by atoms with Gasteiger partial charge in [0.1, 0.15) is 5.60 Å². The molecule has 2 N–H and O–H groups in total. The smallest absolute Gasteiger partial charge is 0.311 e. The molecule has 3 nitrogen and oxygen atoms in total. The Morgan fingerprint density at radius 1 is 0.900 bits per heavy atom.